The lowest BCUT2D eigenvalue weighted by atomic mass is 10.0. The summed E-state index contributed by atoms with van der Waals surface area (Å²) in [4.78, 5) is 41.3. The molecule has 1 aromatic carbocycles. The van der Waals surface area contributed by atoms with E-state index in [1.54, 1.807) is 18.6 Å². The second kappa shape index (κ2) is 8.83. The summed E-state index contributed by atoms with van der Waals surface area (Å²) in [6.45, 7) is 0.258. The van der Waals surface area contributed by atoms with Crippen LogP contribution in [-0.4, -0.2) is 38.5 Å². The van der Waals surface area contributed by atoms with Crippen molar-refractivity contribution in [2.24, 2.45) is 0 Å². The quantitative estimate of drug-likeness (QED) is 0.383. The monoisotopic (exact) mass is 417 g/mol. The van der Waals surface area contributed by atoms with E-state index >= 15 is 0 Å². The number of pyridine rings is 1. The van der Waals surface area contributed by atoms with E-state index in [1.807, 2.05) is 30.5 Å². The van der Waals surface area contributed by atoms with E-state index in [1.165, 1.54) is 17.7 Å². The number of carbonyl (C=O) groups excluding carboxylic acids is 2. The summed E-state index contributed by atoms with van der Waals surface area (Å²) in [6.07, 6.45) is 8.61. The molecule has 8 heteroatoms. The number of benzene rings is 1. The van der Waals surface area contributed by atoms with Crippen molar-refractivity contribution in [2.75, 3.05) is 7.05 Å². The molecule has 0 saturated heterocycles. The van der Waals surface area contributed by atoms with Crippen LogP contribution in [0.4, 0.5) is 0 Å². The van der Waals surface area contributed by atoms with Crippen LogP contribution in [0.15, 0.2) is 59.9 Å². The van der Waals surface area contributed by atoms with Gasteiger partial charge in [-0.3, -0.25) is 19.5 Å². The van der Waals surface area contributed by atoms with Crippen LogP contribution in [0.5, 0.6) is 0 Å². The fraction of sp³-hybridized carbons (Fsp3) is 0.217. The topological polar surface area (TPSA) is 113 Å². The third-order valence-electron chi connectivity index (χ3n) is 5.33. The third-order valence-corrected chi connectivity index (χ3v) is 5.33. The summed E-state index contributed by atoms with van der Waals surface area (Å²) >= 11 is 0. The summed E-state index contributed by atoms with van der Waals surface area (Å²) in [7, 11) is 1.46. The molecule has 0 radical (unpaired) electrons. The number of rotatable bonds is 8. The highest BCUT2D eigenvalue weighted by atomic mass is 16.2. The van der Waals surface area contributed by atoms with Gasteiger partial charge in [0.1, 0.15) is 5.56 Å². The summed E-state index contributed by atoms with van der Waals surface area (Å²) in [5, 5.41) is 10.1. The van der Waals surface area contributed by atoms with E-state index in [2.05, 4.69) is 20.5 Å². The number of fused-ring (bicyclic) bond motifs is 1. The minimum absolute atomic E-state index is 0.0376. The van der Waals surface area contributed by atoms with Crippen molar-refractivity contribution < 1.29 is 9.59 Å². The fourth-order valence-corrected chi connectivity index (χ4v) is 3.69. The molecule has 3 aromatic heterocycles. The molecule has 0 saturated carbocycles. The molecule has 31 heavy (non-hydrogen) atoms. The fourth-order valence-electron chi connectivity index (χ4n) is 3.69. The number of amides is 1. The van der Waals surface area contributed by atoms with Gasteiger partial charge in [0.05, 0.1) is 12.7 Å². The lowest BCUT2D eigenvalue weighted by Crippen LogP contribution is -2.32. The second-order valence-corrected chi connectivity index (χ2v) is 7.39. The lowest BCUT2D eigenvalue weighted by Gasteiger charge is -2.12. The first-order chi connectivity index (χ1) is 15.1. The van der Waals surface area contributed by atoms with Gasteiger partial charge in [0.2, 0.25) is 0 Å². The largest absolute Gasteiger partial charge is 0.361 e. The van der Waals surface area contributed by atoms with Crippen LogP contribution in [0.2, 0.25) is 0 Å². The van der Waals surface area contributed by atoms with Crippen molar-refractivity contribution in [1.82, 2.24) is 25.1 Å². The number of aryl methyl sites for hydroxylation is 1. The van der Waals surface area contributed by atoms with E-state index < -0.39 is 11.5 Å². The molecule has 8 nitrogen and oxygen atoms in total. The number of hydrogen-bond acceptors (Lipinski definition) is 4. The van der Waals surface area contributed by atoms with Crippen LogP contribution in [-0.2, 0) is 13.0 Å². The zero-order valence-electron chi connectivity index (χ0n) is 17.1. The molecule has 0 aliphatic carbocycles. The van der Waals surface area contributed by atoms with Gasteiger partial charge in [-0.25, -0.2) is 0 Å². The van der Waals surface area contributed by atoms with Crippen molar-refractivity contribution in [1.29, 1.82) is 0 Å². The van der Waals surface area contributed by atoms with E-state index in [-0.39, 0.29) is 17.9 Å². The summed E-state index contributed by atoms with van der Waals surface area (Å²) < 4.78 is 1.44. The van der Waals surface area contributed by atoms with Gasteiger partial charge in [0, 0.05) is 48.5 Å². The maximum atomic E-state index is 13.0. The Bertz CT molecular complexity index is 1280. The van der Waals surface area contributed by atoms with Crippen LogP contribution >= 0.6 is 0 Å². The number of nitrogens with one attached hydrogen (secondary N) is 3. The van der Waals surface area contributed by atoms with Crippen molar-refractivity contribution in [3.05, 3.63) is 87.7 Å². The Hall–Kier alpha value is -3.94. The standard InChI is InChI=1S/C23H23N5O3/c1-24-22(30)19-10-17(21(29)7-2-4-15-11-26-27-12-15)14-28(23(19)31)13-16-5-3-6-20-18(16)8-9-25-20/h3,5-6,8-12,14,25H,2,4,7,13H2,1H3,(H,24,30)(H,26,27). The zero-order valence-corrected chi connectivity index (χ0v) is 17.1. The normalized spacial score (nSPS) is 11.0. The van der Waals surface area contributed by atoms with Gasteiger partial charge >= 0.3 is 0 Å². The Labute approximate surface area is 178 Å². The Morgan fingerprint density at radius 2 is 2.10 bits per heavy atom. The number of nitrogens with zero attached hydrogens (tertiary/aromatic N) is 2. The van der Waals surface area contributed by atoms with Gasteiger partial charge in [0.25, 0.3) is 11.5 Å². The highest BCUT2D eigenvalue weighted by Crippen LogP contribution is 2.18. The Morgan fingerprint density at radius 3 is 2.87 bits per heavy atom. The molecule has 0 aliphatic rings. The molecule has 4 rings (SSSR count). The van der Waals surface area contributed by atoms with Gasteiger partial charge in [-0.05, 0) is 42.2 Å². The molecule has 0 fully saturated rings. The molecule has 4 aromatic rings. The van der Waals surface area contributed by atoms with Crippen molar-refractivity contribution in [3.8, 4) is 0 Å². The maximum Gasteiger partial charge on any atom is 0.263 e. The highest BCUT2D eigenvalue weighted by molar-refractivity contribution is 6.00. The SMILES string of the molecule is CNC(=O)c1cc(C(=O)CCCc2cn[nH]c2)cn(Cc2cccc3[nH]ccc23)c1=O. The molecule has 0 aliphatic heterocycles. The van der Waals surface area contributed by atoms with Crippen LogP contribution < -0.4 is 10.9 Å². The molecule has 3 heterocycles. The van der Waals surface area contributed by atoms with Crippen molar-refractivity contribution >= 4 is 22.6 Å². The number of ketones is 1. The van der Waals surface area contributed by atoms with Crippen LogP contribution in [0.25, 0.3) is 10.9 Å². The number of hydrogen-bond donors (Lipinski definition) is 3. The van der Waals surface area contributed by atoms with Gasteiger partial charge < -0.3 is 14.9 Å². The van der Waals surface area contributed by atoms with E-state index in [0.717, 1.165) is 28.5 Å². The Balaban J connectivity index is 1.64. The Morgan fingerprint density at radius 1 is 1.23 bits per heavy atom. The van der Waals surface area contributed by atoms with Gasteiger partial charge in [0.15, 0.2) is 5.78 Å². The molecule has 0 atom stereocenters. The number of Topliss-reactive ketones (excluding diaryl/α,β-unsaturated/α-hetero) is 1. The van der Waals surface area contributed by atoms with Crippen LogP contribution in [0.1, 0.15) is 44.7 Å². The minimum Gasteiger partial charge on any atom is -0.361 e. The second-order valence-electron chi connectivity index (χ2n) is 7.39. The number of aromatic amines is 2. The highest BCUT2D eigenvalue weighted by Gasteiger charge is 2.17. The molecule has 0 unspecified atom stereocenters. The summed E-state index contributed by atoms with van der Waals surface area (Å²) in [5.74, 6) is -0.617. The van der Waals surface area contributed by atoms with Crippen LogP contribution in [0.3, 0.4) is 0 Å². The Kier molecular flexibility index (Phi) is 5.79. The van der Waals surface area contributed by atoms with E-state index in [9.17, 15) is 14.4 Å². The van der Waals surface area contributed by atoms with Crippen LogP contribution in [0, 0.1) is 0 Å². The number of carbonyl (C=O) groups is 2. The van der Waals surface area contributed by atoms with Crippen molar-refractivity contribution in [3.63, 3.8) is 0 Å². The molecule has 1 amide bonds. The first-order valence-corrected chi connectivity index (χ1v) is 10.1. The predicted molar refractivity (Wildman–Crippen MR) is 117 cm³/mol. The van der Waals surface area contributed by atoms with E-state index in [4.69, 9.17) is 0 Å². The minimum atomic E-state index is -0.508. The average molecular weight is 417 g/mol. The molecule has 158 valence electrons. The van der Waals surface area contributed by atoms with Gasteiger partial charge in [-0.2, -0.15) is 5.10 Å². The molecule has 0 bridgehead atoms. The summed E-state index contributed by atoms with van der Waals surface area (Å²) in [6, 6.07) is 9.14. The summed E-state index contributed by atoms with van der Waals surface area (Å²) in [5.41, 5.74) is 2.80. The first kappa shape index (κ1) is 20.3. The average Bonchev–Trinajstić information content (AvgIpc) is 3.47. The zero-order chi connectivity index (χ0) is 21.8. The molecule has 3 N–H and O–H groups in total. The number of aromatic nitrogens is 4. The first-order valence-electron chi connectivity index (χ1n) is 10.1. The lowest BCUT2D eigenvalue weighted by molar-refractivity contribution is 0.0961. The van der Waals surface area contributed by atoms with Crippen molar-refractivity contribution in [2.45, 2.75) is 25.8 Å². The van der Waals surface area contributed by atoms with Gasteiger partial charge in [-0.15, -0.1) is 0 Å². The van der Waals surface area contributed by atoms with Gasteiger partial charge in [-0.1, -0.05) is 12.1 Å². The predicted octanol–water partition coefficient (Wildman–Crippen LogP) is 2.67. The molecule has 0 spiro atoms. The maximum absolute atomic E-state index is 13.0. The van der Waals surface area contributed by atoms with E-state index in [0.29, 0.717) is 18.4 Å². The smallest absolute Gasteiger partial charge is 0.263 e. The molecular formula is C23H23N5O3. The number of H-pyrrole nitrogens is 2. The third kappa shape index (κ3) is 4.32. The molecular weight excluding hydrogens is 394 g/mol.